The molecule has 0 spiro atoms. The minimum atomic E-state index is -0.0846. The van der Waals surface area contributed by atoms with Crippen molar-refractivity contribution in [3.8, 4) is 0 Å². The highest BCUT2D eigenvalue weighted by atomic mass is 35.5. The molecule has 144 valence electrons. The van der Waals surface area contributed by atoms with Crippen LogP contribution in [-0.2, 0) is 9.59 Å². The first-order chi connectivity index (χ1) is 13.5. The van der Waals surface area contributed by atoms with Crippen LogP contribution in [0.15, 0.2) is 60.7 Å². The Morgan fingerprint density at radius 3 is 1.39 bits per heavy atom. The lowest BCUT2D eigenvalue weighted by Gasteiger charge is -2.33. The van der Waals surface area contributed by atoms with E-state index in [0.29, 0.717) is 36.2 Å². The third-order valence-corrected chi connectivity index (χ3v) is 5.21. The van der Waals surface area contributed by atoms with Crippen LogP contribution >= 0.6 is 23.2 Å². The maximum absolute atomic E-state index is 12.4. The molecule has 1 fully saturated rings. The van der Waals surface area contributed by atoms with Gasteiger partial charge in [0, 0.05) is 48.4 Å². The van der Waals surface area contributed by atoms with Gasteiger partial charge in [-0.3, -0.25) is 9.59 Å². The molecule has 2 amide bonds. The predicted octanol–water partition coefficient (Wildman–Crippen LogP) is 4.39. The average Bonchev–Trinajstić information content (AvgIpc) is 2.72. The smallest absolute Gasteiger partial charge is 0.246 e. The van der Waals surface area contributed by atoms with Gasteiger partial charge in [-0.15, -0.1) is 0 Å². The second-order valence-electron chi connectivity index (χ2n) is 6.36. The summed E-state index contributed by atoms with van der Waals surface area (Å²) in [5.74, 6) is -0.169. The summed E-state index contributed by atoms with van der Waals surface area (Å²) >= 11 is 12.2. The van der Waals surface area contributed by atoms with Gasteiger partial charge in [0.15, 0.2) is 0 Å². The zero-order valence-electron chi connectivity index (χ0n) is 15.2. The van der Waals surface area contributed by atoms with Gasteiger partial charge in [0.05, 0.1) is 0 Å². The number of benzene rings is 2. The molecule has 0 N–H and O–H groups in total. The van der Waals surface area contributed by atoms with E-state index in [1.54, 1.807) is 34.1 Å². The Labute approximate surface area is 174 Å². The zero-order valence-corrected chi connectivity index (χ0v) is 16.7. The Bertz CT molecular complexity index is 841. The van der Waals surface area contributed by atoms with Gasteiger partial charge in [-0.1, -0.05) is 59.6 Å². The van der Waals surface area contributed by atoms with Gasteiger partial charge in [-0.2, -0.15) is 0 Å². The van der Waals surface area contributed by atoms with Crippen molar-refractivity contribution < 1.29 is 9.59 Å². The van der Waals surface area contributed by atoms with Crippen molar-refractivity contribution in [2.75, 3.05) is 26.2 Å². The average molecular weight is 415 g/mol. The van der Waals surface area contributed by atoms with Crippen LogP contribution in [0.5, 0.6) is 0 Å². The van der Waals surface area contributed by atoms with Gasteiger partial charge >= 0.3 is 0 Å². The van der Waals surface area contributed by atoms with Crippen molar-refractivity contribution in [2.45, 2.75) is 0 Å². The van der Waals surface area contributed by atoms with Gasteiger partial charge in [-0.05, 0) is 35.4 Å². The SMILES string of the molecule is O=C(/C=C/c1ccccc1Cl)N1CCN(C(=O)/C=C/c2ccccc2Cl)CC1. The van der Waals surface area contributed by atoms with E-state index in [4.69, 9.17) is 23.2 Å². The van der Waals surface area contributed by atoms with E-state index in [1.165, 1.54) is 12.2 Å². The van der Waals surface area contributed by atoms with Crippen molar-refractivity contribution in [1.29, 1.82) is 0 Å². The zero-order chi connectivity index (χ0) is 19.9. The molecule has 0 radical (unpaired) electrons. The second-order valence-corrected chi connectivity index (χ2v) is 7.17. The lowest BCUT2D eigenvalue weighted by atomic mass is 10.2. The summed E-state index contributed by atoms with van der Waals surface area (Å²) in [6, 6.07) is 14.7. The maximum atomic E-state index is 12.4. The topological polar surface area (TPSA) is 40.6 Å². The molecule has 1 aliphatic rings. The maximum Gasteiger partial charge on any atom is 0.246 e. The number of piperazine rings is 1. The molecule has 0 bridgehead atoms. The molecule has 0 aromatic heterocycles. The highest BCUT2D eigenvalue weighted by Gasteiger charge is 2.21. The summed E-state index contributed by atoms with van der Waals surface area (Å²) in [7, 11) is 0. The minimum Gasteiger partial charge on any atom is -0.336 e. The minimum absolute atomic E-state index is 0.0846. The molecule has 0 atom stereocenters. The molecule has 0 unspecified atom stereocenters. The molecule has 1 aliphatic heterocycles. The molecular formula is C22H20Cl2N2O2. The van der Waals surface area contributed by atoms with Crippen molar-refractivity contribution in [3.05, 3.63) is 81.9 Å². The fraction of sp³-hybridized carbons (Fsp3) is 0.182. The van der Waals surface area contributed by atoms with E-state index < -0.39 is 0 Å². The molecule has 0 aliphatic carbocycles. The second kappa shape index (κ2) is 9.58. The van der Waals surface area contributed by atoms with E-state index in [1.807, 2.05) is 36.4 Å². The number of rotatable bonds is 4. The van der Waals surface area contributed by atoms with Crippen LogP contribution in [0, 0.1) is 0 Å². The largest absolute Gasteiger partial charge is 0.336 e. The monoisotopic (exact) mass is 414 g/mol. The summed E-state index contributed by atoms with van der Waals surface area (Å²) in [4.78, 5) is 28.2. The number of halogens is 2. The molecule has 2 aromatic carbocycles. The first-order valence-electron chi connectivity index (χ1n) is 8.97. The Morgan fingerprint density at radius 2 is 1.04 bits per heavy atom. The van der Waals surface area contributed by atoms with Crippen LogP contribution in [0.25, 0.3) is 12.2 Å². The molecule has 6 heteroatoms. The lowest BCUT2D eigenvalue weighted by molar-refractivity contribution is -0.133. The normalized spacial score (nSPS) is 14.8. The predicted molar refractivity (Wildman–Crippen MR) is 114 cm³/mol. The van der Waals surface area contributed by atoms with E-state index in [2.05, 4.69) is 0 Å². The van der Waals surface area contributed by atoms with Crippen LogP contribution in [0.1, 0.15) is 11.1 Å². The van der Waals surface area contributed by atoms with Crippen molar-refractivity contribution in [3.63, 3.8) is 0 Å². The molecule has 2 aromatic rings. The standard InChI is InChI=1S/C22H20Cl2N2O2/c23-19-7-3-1-5-17(19)9-11-21(27)25-13-15-26(16-14-25)22(28)12-10-18-6-2-4-8-20(18)24/h1-12H,13-16H2/b11-9+,12-10+. The number of amides is 2. The van der Waals surface area contributed by atoms with Crippen LogP contribution in [0.2, 0.25) is 10.0 Å². The summed E-state index contributed by atoms with van der Waals surface area (Å²) in [5.41, 5.74) is 1.60. The van der Waals surface area contributed by atoms with Crippen molar-refractivity contribution in [2.24, 2.45) is 0 Å². The van der Waals surface area contributed by atoms with Crippen molar-refractivity contribution >= 4 is 47.2 Å². The molecule has 3 rings (SSSR count). The van der Waals surface area contributed by atoms with Crippen LogP contribution in [0.4, 0.5) is 0 Å². The van der Waals surface area contributed by atoms with Crippen molar-refractivity contribution in [1.82, 2.24) is 9.80 Å². The summed E-state index contributed by atoms with van der Waals surface area (Å²) in [5, 5.41) is 1.21. The Balaban J connectivity index is 1.52. The van der Waals surface area contributed by atoms with E-state index in [0.717, 1.165) is 11.1 Å². The number of carbonyl (C=O) groups excluding carboxylic acids is 2. The Hall–Kier alpha value is -2.56. The third-order valence-electron chi connectivity index (χ3n) is 4.52. The molecule has 1 heterocycles. The Kier molecular flexibility index (Phi) is 6.90. The van der Waals surface area contributed by atoms with E-state index in [-0.39, 0.29) is 11.8 Å². The van der Waals surface area contributed by atoms with Gasteiger partial charge in [0.1, 0.15) is 0 Å². The lowest BCUT2D eigenvalue weighted by Crippen LogP contribution is -2.49. The summed E-state index contributed by atoms with van der Waals surface area (Å²) in [6.07, 6.45) is 6.48. The Morgan fingerprint density at radius 1 is 0.679 bits per heavy atom. The summed E-state index contributed by atoms with van der Waals surface area (Å²) < 4.78 is 0. The van der Waals surface area contributed by atoms with Gasteiger partial charge in [-0.25, -0.2) is 0 Å². The van der Waals surface area contributed by atoms with E-state index >= 15 is 0 Å². The van der Waals surface area contributed by atoms with Crippen LogP contribution in [0.3, 0.4) is 0 Å². The number of nitrogens with zero attached hydrogens (tertiary/aromatic N) is 2. The highest BCUT2D eigenvalue weighted by molar-refractivity contribution is 6.32. The third kappa shape index (κ3) is 5.24. The highest BCUT2D eigenvalue weighted by Crippen LogP contribution is 2.17. The molecule has 28 heavy (non-hydrogen) atoms. The fourth-order valence-electron chi connectivity index (χ4n) is 2.90. The van der Waals surface area contributed by atoms with E-state index in [9.17, 15) is 9.59 Å². The number of carbonyl (C=O) groups is 2. The molecule has 0 saturated carbocycles. The molecule has 4 nitrogen and oxygen atoms in total. The van der Waals surface area contributed by atoms with Gasteiger partial charge in [0.2, 0.25) is 11.8 Å². The first kappa shape index (κ1) is 20.2. The quantitative estimate of drug-likeness (QED) is 0.695. The molecular weight excluding hydrogens is 395 g/mol. The van der Waals surface area contributed by atoms with Crippen LogP contribution < -0.4 is 0 Å². The molecule has 1 saturated heterocycles. The number of hydrogen-bond acceptors (Lipinski definition) is 2. The first-order valence-corrected chi connectivity index (χ1v) is 9.73. The van der Waals surface area contributed by atoms with Gasteiger partial charge in [0.25, 0.3) is 0 Å². The summed E-state index contributed by atoms with van der Waals surface area (Å²) in [6.45, 7) is 1.99. The number of hydrogen-bond donors (Lipinski definition) is 0. The fourth-order valence-corrected chi connectivity index (χ4v) is 3.30. The van der Waals surface area contributed by atoms with Crippen LogP contribution in [-0.4, -0.2) is 47.8 Å². The van der Waals surface area contributed by atoms with Gasteiger partial charge < -0.3 is 9.80 Å².